The van der Waals surface area contributed by atoms with Gasteiger partial charge in [-0.05, 0) is 76.7 Å². The van der Waals surface area contributed by atoms with Crippen molar-refractivity contribution < 1.29 is 30.7 Å². The van der Waals surface area contributed by atoms with E-state index < -0.39 is 34.7 Å². The van der Waals surface area contributed by atoms with Crippen molar-refractivity contribution in [3.63, 3.8) is 0 Å². The summed E-state index contributed by atoms with van der Waals surface area (Å²) in [4.78, 5) is 4.00. The van der Waals surface area contributed by atoms with E-state index in [0.717, 1.165) is 62.8 Å². The minimum absolute atomic E-state index is 0.115. The van der Waals surface area contributed by atoms with Gasteiger partial charge in [-0.25, -0.2) is 4.39 Å². The van der Waals surface area contributed by atoms with Gasteiger partial charge in [0, 0.05) is 29.9 Å². The Morgan fingerprint density at radius 2 is 0.953 bits per heavy atom. The van der Waals surface area contributed by atoms with Gasteiger partial charge in [-0.2, -0.15) is 26.3 Å². The molecule has 3 aliphatic rings. The van der Waals surface area contributed by atoms with Crippen LogP contribution in [-0.2, 0) is 21.7 Å². The predicted octanol–water partition coefficient (Wildman–Crippen LogP) is 12.5. The quantitative estimate of drug-likeness (QED) is 0.245. The van der Waals surface area contributed by atoms with Gasteiger partial charge in [0.15, 0.2) is 5.83 Å². The van der Waals surface area contributed by atoms with Gasteiger partial charge in [-0.3, -0.25) is 0 Å². The molecule has 3 aromatic rings. The molecule has 0 atom stereocenters. The average molecular weight is 661 g/mol. The summed E-state index contributed by atoms with van der Waals surface area (Å²) < 4.78 is 104. The van der Waals surface area contributed by atoms with Gasteiger partial charge in [0.2, 0.25) is 0 Å². The number of rotatable bonds is 3. The van der Waals surface area contributed by atoms with Crippen LogP contribution in [0.5, 0.6) is 0 Å². The molecule has 0 unspecified atom stereocenters. The third-order valence-corrected chi connectivity index (χ3v) is 14.5. The second kappa shape index (κ2) is 8.99. The standard InChI is InChI=1S/C33H35F7S3/c1-27(2)9-11-29(5,6)25-17(27)14-20(42-25)19-13-16(22-24(34)32(37,38)33(39,40)31(22,35)36)23(41-19)21-15-18-26(43-21)30(7,8)12-10-28(18,3)4/h13-15H,9-12H2,1-8H3. The van der Waals surface area contributed by atoms with Crippen molar-refractivity contribution in [1.82, 2.24) is 0 Å². The Bertz CT molecular complexity index is 1610. The fourth-order valence-corrected chi connectivity index (χ4v) is 11.0. The maximum absolute atomic E-state index is 15.3. The molecule has 3 aromatic heterocycles. The summed E-state index contributed by atoms with van der Waals surface area (Å²) in [7, 11) is 0. The molecule has 0 radical (unpaired) electrons. The van der Waals surface area contributed by atoms with Crippen molar-refractivity contribution in [1.29, 1.82) is 0 Å². The lowest BCUT2D eigenvalue weighted by Crippen LogP contribution is -2.48. The first-order valence-corrected chi connectivity index (χ1v) is 16.9. The van der Waals surface area contributed by atoms with E-state index in [9.17, 15) is 17.6 Å². The molecule has 0 nitrogen and oxygen atoms in total. The Kier molecular flexibility index (Phi) is 6.55. The van der Waals surface area contributed by atoms with Crippen LogP contribution >= 0.6 is 34.0 Å². The zero-order valence-corrected chi connectivity index (χ0v) is 27.9. The van der Waals surface area contributed by atoms with E-state index in [2.05, 4.69) is 55.4 Å². The number of halogens is 7. The van der Waals surface area contributed by atoms with E-state index in [1.165, 1.54) is 28.7 Å². The Morgan fingerprint density at radius 3 is 1.40 bits per heavy atom. The monoisotopic (exact) mass is 660 g/mol. The highest BCUT2D eigenvalue weighted by molar-refractivity contribution is 7.27. The van der Waals surface area contributed by atoms with Gasteiger partial charge >= 0.3 is 17.8 Å². The maximum atomic E-state index is 15.3. The van der Waals surface area contributed by atoms with Crippen LogP contribution in [0, 0.1) is 0 Å². The summed E-state index contributed by atoms with van der Waals surface area (Å²) in [6.07, 6.45) is 3.67. The number of fused-ring (bicyclic) bond motifs is 2. The summed E-state index contributed by atoms with van der Waals surface area (Å²) >= 11 is 3.94. The molecule has 0 aliphatic heterocycles. The van der Waals surface area contributed by atoms with Crippen LogP contribution in [-0.4, -0.2) is 17.8 Å². The maximum Gasteiger partial charge on any atom is 0.383 e. The number of allylic oxidation sites excluding steroid dienone is 2. The van der Waals surface area contributed by atoms with E-state index in [-0.39, 0.29) is 26.5 Å². The van der Waals surface area contributed by atoms with E-state index in [1.54, 1.807) is 0 Å². The minimum atomic E-state index is -5.90. The molecule has 0 aromatic carbocycles. The average Bonchev–Trinajstić information content (AvgIpc) is 3.63. The van der Waals surface area contributed by atoms with Crippen molar-refractivity contribution >= 4 is 39.6 Å². The van der Waals surface area contributed by atoms with Gasteiger partial charge in [-0.1, -0.05) is 55.4 Å². The highest BCUT2D eigenvalue weighted by Crippen LogP contribution is 2.65. The van der Waals surface area contributed by atoms with Gasteiger partial charge in [0.05, 0.1) is 10.5 Å². The number of thiophene rings is 3. The zero-order chi connectivity index (χ0) is 31.9. The highest BCUT2D eigenvalue weighted by atomic mass is 32.1. The third-order valence-electron chi connectivity index (χ3n) is 9.97. The molecular weight excluding hydrogens is 626 g/mol. The lowest BCUT2D eigenvalue weighted by molar-refractivity contribution is -0.263. The molecule has 6 rings (SSSR count). The van der Waals surface area contributed by atoms with Gasteiger partial charge in [-0.15, -0.1) is 34.0 Å². The normalized spacial score (nSPS) is 25.5. The first-order valence-electron chi connectivity index (χ1n) is 14.4. The molecule has 0 amide bonds. The lowest BCUT2D eigenvalue weighted by Gasteiger charge is -2.39. The summed E-state index contributed by atoms with van der Waals surface area (Å²) in [5.41, 5.74) is -1.06. The van der Waals surface area contributed by atoms with E-state index in [0.29, 0.717) is 9.75 Å². The van der Waals surface area contributed by atoms with Crippen molar-refractivity contribution in [3.05, 3.63) is 50.5 Å². The van der Waals surface area contributed by atoms with Crippen LogP contribution in [0.3, 0.4) is 0 Å². The molecule has 0 saturated heterocycles. The van der Waals surface area contributed by atoms with Crippen molar-refractivity contribution in [2.24, 2.45) is 0 Å². The third kappa shape index (κ3) is 4.24. The molecule has 0 spiro atoms. The van der Waals surface area contributed by atoms with E-state index in [1.807, 2.05) is 12.1 Å². The second-order valence-corrected chi connectivity index (χ2v) is 18.2. The fraction of sp³-hybridized carbons (Fsp3) is 0.576. The number of alkyl halides is 6. The molecule has 234 valence electrons. The molecule has 3 heterocycles. The van der Waals surface area contributed by atoms with Crippen molar-refractivity contribution in [3.8, 4) is 19.5 Å². The molecule has 43 heavy (non-hydrogen) atoms. The van der Waals surface area contributed by atoms with E-state index >= 15 is 13.2 Å². The predicted molar refractivity (Wildman–Crippen MR) is 164 cm³/mol. The van der Waals surface area contributed by atoms with Crippen LogP contribution in [0.1, 0.15) is 108 Å². The molecule has 0 fully saturated rings. The Hall–Kier alpha value is -1.65. The van der Waals surface area contributed by atoms with Gasteiger partial charge in [0.25, 0.3) is 0 Å². The molecule has 0 N–H and O–H groups in total. The second-order valence-electron chi connectivity index (χ2n) is 15.0. The van der Waals surface area contributed by atoms with Gasteiger partial charge in [0.1, 0.15) is 0 Å². The first kappa shape index (κ1) is 31.3. The number of hydrogen-bond acceptors (Lipinski definition) is 3. The Labute approximate surface area is 260 Å². The molecule has 3 aliphatic carbocycles. The highest BCUT2D eigenvalue weighted by Gasteiger charge is 2.81. The molecule has 0 saturated carbocycles. The number of hydrogen-bond donors (Lipinski definition) is 0. The van der Waals surface area contributed by atoms with Crippen LogP contribution < -0.4 is 0 Å². The van der Waals surface area contributed by atoms with Crippen LogP contribution in [0.2, 0.25) is 0 Å². The summed E-state index contributed by atoms with van der Waals surface area (Å²) in [6, 6.07) is 5.10. The summed E-state index contributed by atoms with van der Waals surface area (Å²) in [5, 5.41) is 0. The van der Waals surface area contributed by atoms with E-state index in [4.69, 9.17) is 0 Å². The lowest BCUT2D eigenvalue weighted by atomic mass is 9.67. The van der Waals surface area contributed by atoms with Crippen molar-refractivity contribution in [2.45, 2.75) is 121 Å². The first-order chi connectivity index (χ1) is 19.5. The fourth-order valence-electron chi connectivity index (χ4n) is 6.73. The Morgan fingerprint density at radius 1 is 0.535 bits per heavy atom. The SMILES string of the molecule is CC1(C)CCC(C)(C)c2sc(-c3cc(C4=C(F)C(F)(F)C(F)(F)C4(F)F)c(-c4cc5c(s4)C(C)(C)CCC5(C)C)s3)cc21. The topological polar surface area (TPSA) is 0 Å². The minimum Gasteiger partial charge on any atom is -0.204 e. The van der Waals surface area contributed by atoms with Crippen molar-refractivity contribution in [2.75, 3.05) is 0 Å². The molecule has 10 heteroatoms. The zero-order valence-electron chi connectivity index (χ0n) is 25.4. The van der Waals surface area contributed by atoms with Crippen LogP contribution in [0.4, 0.5) is 30.7 Å². The smallest absolute Gasteiger partial charge is 0.204 e. The largest absolute Gasteiger partial charge is 0.383 e. The summed E-state index contributed by atoms with van der Waals surface area (Å²) in [6.45, 7) is 17.0. The van der Waals surface area contributed by atoms with Crippen LogP contribution in [0.25, 0.3) is 25.1 Å². The molecular formula is C33H35F7S3. The molecule has 0 bridgehead atoms. The Balaban J connectivity index is 1.62. The summed E-state index contributed by atoms with van der Waals surface area (Å²) in [5.74, 6) is -19.7. The van der Waals surface area contributed by atoms with Crippen LogP contribution in [0.15, 0.2) is 24.0 Å². The van der Waals surface area contributed by atoms with Gasteiger partial charge < -0.3 is 0 Å².